The summed E-state index contributed by atoms with van der Waals surface area (Å²) >= 11 is 0. The molecule has 0 aliphatic heterocycles. The van der Waals surface area contributed by atoms with Crippen molar-refractivity contribution >= 4 is 6.72 Å². The van der Waals surface area contributed by atoms with Crippen molar-refractivity contribution in [2.75, 3.05) is 26.2 Å². The van der Waals surface area contributed by atoms with Crippen LogP contribution in [0.1, 0.15) is 32.9 Å². The van der Waals surface area contributed by atoms with Gasteiger partial charge in [-0.25, -0.2) is 8.78 Å². The number of aliphatic imine (C=N–C) groups is 1. The SMILES string of the molecule is C=NC(C)/C(F)=C\C=C/CNCCNCCC(C)N/C(=C\C)C(=C)NCc1ncccc1F. The average Bonchev–Trinajstić information content (AvgIpc) is 2.82. The number of nitrogens with one attached hydrogen (secondary N) is 4. The van der Waals surface area contributed by atoms with Crippen molar-refractivity contribution in [3.8, 4) is 0 Å². The van der Waals surface area contributed by atoms with Gasteiger partial charge in [0.2, 0.25) is 0 Å². The quantitative estimate of drug-likeness (QED) is 0.162. The lowest BCUT2D eigenvalue weighted by Gasteiger charge is -2.20. The number of aromatic nitrogens is 1. The Balaban J connectivity index is 2.17. The van der Waals surface area contributed by atoms with Crippen molar-refractivity contribution in [2.24, 2.45) is 4.99 Å². The van der Waals surface area contributed by atoms with Crippen molar-refractivity contribution in [1.82, 2.24) is 26.3 Å². The van der Waals surface area contributed by atoms with Crippen molar-refractivity contribution in [3.05, 3.63) is 77.9 Å². The molecule has 33 heavy (non-hydrogen) atoms. The summed E-state index contributed by atoms with van der Waals surface area (Å²) in [7, 11) is 0. The van der Waals surface area contributed by atoms with Crippen LogP contribution in [0.2, 0.25) is 0 Å². The maximum atomic E-state index is 13.7. The highest BCUT2D eigenvalue weighted by Gasteiger charge is 2.08. The molecule has 2 atom stereocenters. The molecule has 182 valence electrons. The van der Waals surface area contributed by atoms with E-state index in [-0.39, 0.29) is 24.2 Å². The second-order valence-electron chi connectivity index (χ2n) is 7.59. The van der Waals surface area contributed by atoms with Crippen LogP contribution in [0.3, 0.4) is 0 Å². The van der Waals surface area contributed by atoms with E-state index in [2.05, 4.69) is 51.5 Å². The van der Waals surface area contributed by atoms with E-state index in [1.54, 1.807) is 25.3 Å². The van der Waals surface area contributed by atoms with E-state index in [1.165, 1.54) is 12.1 Å². The third-order valence-corrected chi connectivity index (χ3v) is 4.88. The first-order valence-electron chi connectivity index (χ1n) is 11.2. The summed E-state index contributed by atoms with van der Waals surface area (Å²) in [6.45, 7) is 16.5. The van der Waals surface area contributed by atoms with Crippen molar-refractivity contribution in [1.29, 1.82) is 0 Å². The Hall–Kier alpha value is -2.84. The molecule has 1 aromatic heterocycles. The first-order chi connectivity index (χ1) is 15.9. The van der Waals surface area contributed by atoms with Gasteiger partial charge in [-0.15, -0.1) is 0 Å². The molecule has 0 fully saturated rings. The van der Waals surface area contributed by atoms with Gasteiger partial charge in [0.1, 0.15) is 11.6 Å². The topological polar surface area (TPSA) is 73.4 Å². The molecule has 2 unspecified atom stereocenters. The molecule has 0 aromatic carbocycles. The summed E-state index contributed by atoms with van der Waals surface area (Å²) in [4.78, 5) is 7.67. The maximum absolute atomic E-state index is 13.7. The standard InChI is InChI=1S/C25H38F2N6/c1-6-24(21(4)32-18-25-23(27)11-9-14-31-25)33-19(2)12-15-30-17-16-29-13-8-7-10-22(26)20(3)28-5/h6-11,14,19-20,29-30,32-33H,4-5,12-13,15-18H2,1-3H3/b8-7-,22-10+,24-6-. The summed E-state index contributed by atoms with van der Waals surface area (Å²) < 4.78 is 27.2. The second-order valence-corrected chi connectivity index (χ2v) is 7.59. The molecule has 0 radical (unpaired) electrons. The van der Waals surface area contributed by atoms with Gasteiger partial charge in [-0.2, -0.15) is 0 Å². The Morgan fingerprint density at radius 2 is 2.00 bits per heavy atom. The van der Waals surface area contributed by atoms with Gasteiger partial charge in [-0.1, -0.05) is 24.8 Å². The van der Waals surface area contributed by atoms with Crippen LogP contribution in [0.5, 0.6) is 0 Å². The third-order valence-electron chi connectivity index (χ3n) is 4.88. The second kappa shape index (κ2) is 16.7. The zero-order chi connectivity index (χ0) is 24.5. The molecular formula is C25H38F2N6. The fourth-order valence-corrected chi connectivity index (χ4v) is 2.78. The molecule has 4 N–H and O–H groups in total. The molecule has 0 amide bonds. The normalized spacial score (nSPS) is 14.2. The van der Waals surface area contributed by atoms with Gasteiger partial charge in [0, 0.05) is 31.9 Å². The van der Waals surface area contributed by atoms with Crippen molar-refractivity contribution in [2.45, 2.75) is 45.8 Å². The van der Waals surface area contributed by atoms with Gasteiger partial charge in [-0.3, -0.25) is 9.98 Å². The highest BCUT2D eigenvalue weighted by atomic mass is 19.1. The van der Waals surface area contributed by atoms with Gasteiger partial charge >= 0.3 is 0 Å². The van der Waals surface area contributed by atoms with Gasteiger partial charge in [-0.05, 0) is 58.7 Å². The predicted octanol–water partition coefficient (Wildman–Crippen LogP) is 3.77. The largest absolute Gasteiger partial charge is 0.381 e. The van der Waals surface area contributed by atoms with E-state index >= 15 is 0 Å². The summed E-state index contributed by atoms with van der Waals surface area (Å²) in [5, 5.41) is 13.2. The third kappa shape index (κ3) is 12.1. The Labute approximate surface area is 197 Å². The average molecular weight is 461 g/mol. The lowest BCUT2D eigenvalue weighted by Crippen LogP contribution is -2.34. The van der Waals surface area contributed by atoms with Crippen LogP contribution in [-0.4, -0.2) is 50.0 Å². The number of rotatable bonds is 17. The minimum Gasteiger partial charge on any atom is -0.381 e. The molecule has 0 saturated heterocycles. The molecule has 1 rings (SSSR count). The van der Waals surface area contributed by atoms with Crippen LogP contribution in [0.15, 0.2) is 71.4 Å². The Morgan fingerprint density at radius 3 is 2.70 bits per heavy atom. The molecule has 0 bridgehead atoms. The van der Waals surface area contributed by atoms with E-state index in [9.17, 15) is 8.78 Å². The Bertz CT molecular complexity index is 819. The van der Waals surface area contributed by atoms with E-state index < -0.39 is 6.04 Å². The molecule has 8 heteroatoms. The molecule has 0 spiro atoms. The first-order valence-corrected chi connectivity index (χ1v) is 11.2. The van der Waals surface area contributed by atoms with Gasteiger partial charge in [0.05, 0.1) is 29.7 Å². The highest BCUT2D eigenvalue weighted by Crippen LogP contribution is 2.08. The van der Waals surface area contributed by atoms with Crippen molar-refractivity contribution in [3.63, 3.8) is 0 Å². The Kier molecular flexibility index (Phi) is 14.3. The minimum absolute atomic E-state index is 0.235. The molecule has 0 aliphatic carbocycles. The Morgan fingerprint density at radius 1 is 1.24 bits per heavy atom. The predicted molar refractivity (Wildman–Crippen MR) is 134 cm³/mol. The fraction of sp³-hybridized carbons (Fsp3) is 0.440. The molecule has 1 heterocycles. The zero-order valence-corrected chi connectivity index (χ0v) is 20.0. The minimum atomic E-state index is -0.502. The molecule has 0 saturated carbocycles. The van der Waals surface area contributed by atoms with Crippen molar-refractivity contribution < 1.29 is 8.78 Å². The lowest BCUT2D eigenvalue weighted by atomic mass is 10.2. The van der Waals surface area contributed by atoms with E-state index in [0.29, 0.717) is 17.9 Å². The molecule has 0 aliphatic rings. The summed E-state index contributed by atoms with van der Waals surface area (Å²) in [6.07, 6.45) is 9.40. The monoisotopic (exact) mass is 460 g/mol. The number of nitrogens with zero attached hydrogens (tertiary/aromatic N) is 2. The van der Waals surface area contributed by atoms with E-state index in [1.807, 2.05) is 19.1 Å². The number of halogens is 2. The number of hydrogen-bond acceptors (Lipinski definition) is 6. The van der Waals surface area contributed by atoms with Crippen LogP contribution in [0.25, 0.3) is 0 Å². The van der Waals surface area contributed by atoms with Gasteiger partial charge < -0.3 is 21.3 Å². The van der Waals surface area contributed by atoms with E-state index in [4.69, 9.17) is 0 Å². The molecule has 6 nitrogen and oxygen atoms in total. The van der Waals surface area contributed by atoms with Crippen LogP contribution in [0.4, 0.5) is 8.78 Å². The van der Waals surface area contributed by atoms with E-state index in [0.717, 1.165) is 31.8 Å². The van der Waals surface area contributed by atoms with Gasteiger partial charge in [0.25, 0.3) is 0 Å². The fourth-order valence-electron chi connectivity index (χ4n) is 2.78. The van der Waals surface area contributed by atoms with Crippen LogP contribution in [0, 0.1) is 5.82 Å². The molecular weight excluding hydrogens is 422 g/mol. The van der Waals surface area contributed by atoms with Crippen LogP contribution in [-0.2, 0) is 6.54 Å². The lowest BCUT2D eigenvalue weighted by molar-refractivity contribution is 0.524. The number of pyridine rings is 1. The summed E-state index contributed by atoms with van der Waals surface area (Å²) in [5.41, 5.74) is 1.94. The van der Waals surface area contributed by atoms with Crippen LogP contribution >= 0.6 is 0 Å². The van der Waals surface area contributed by atoms with Gasteiger partial charge in [0.15, 0.2) is 0 Å². The molecule has 1 aromatic rings. The zero-order valence-electron chi connectivity index (χ0n) is 20.0. The highest BCUT2D eigenvalue weighted by molar-refractivity contribution is 5.27. The summed E-state index contributed by atoms with van der Waals surface area (Å²) in [5.74, 6) is -0.632. The first kappa shape index (κ1) is 28.2. The smallest absolute Gasteiger partial charge is 0.146 e. The maximum Gasteiger partial charge on any atom is 0.146 e. The van der Waals surface area contributed by atoms with Crippen LogP contribution < -0.4 is 21.3 Å². The number of hydrogen-bond donors (Lipinski definition) is 4. The summed E-state index contributed by atoms with van der Waals surface area (Å²) in [6, 6.07) is 2.70. The number of allylic oxidation sites excluding steroid dienone is 3.